The monoisotopic (exact) mass is 269 g/mol. The average Bonchev–Trinajstić information content (AvgIpc) is 2.53. The van der Waals surface area contributed by atoms with E-state index in [9.17, 15) is 0 Å². The second-order valence-corrected chi connectivity index (χ2v) is 5.65. The highest BCUT2D eigenvalue weighted by molar-refractivity contribution is 5.90. The van der Waals surface area contributed by atoms with Crippen LogP contribution < -0.4 is 4.90 Å². The molecule has 1 aliphatic heterocycles. The summed E-state index contributed by atoms with van der Waals surface area (Å²) in [7, 11) is 0. The average molecular weight is 269 g/mol. The number of fused-ring (bicyclic) bond motifs is 1. The summed E-state index contributed by atoms with van der Waals surface area (Å²) in [5.74, 6) is 1.14. The normalized spacial score (nSPS) is 19.5. The van der Waals surface area contributed by atoms with Gasteiger partial charge in [0.2, 0.25) is 0 Å². The zero-order valence-corrected chi connectivity index (χ0v) is 12.5. The molecule has 0 N–H and O–H groups in total. The van der Waals surface area contributed by atoms with Gasteiger partial charge in [0.05, 0.1) is 5.52 Å². The topological polar surface area (TPSA) is 29.0 Å². The Bertz CT molecular complexity index is 594. The van der Waals surface area contributed by atoms with Crippen molar-refractivity contribution in [2.24, 2.45) is 0 Å². The lowest BCUT2D eigenvalue weighted by Crippen LogP contribution is -2.39. The first-order valence-electron chi connectivity index (χ1n) is 7.83. The highest BCUT2D eigenvalue weighted by Crippen LogP contribution is 2.30. The van der Waals surface area contributed by atoms with Gasteiger partial charge in [-0.05, 0) is 49.8 Å². The van der Waals surface area contributed by atoms with E-state index in [4.69, 9.17) is 0 Å². The summed E-state index contributed by atoms with van der Waals surface area (Å²) >= 11 is 0. The Morgan fingerprint density at radius 1 is 1.20 bits per heavy atom. The molecule has 20 heavy (non-hydrogen) atoms. The van der Waals surface area contributed by atoms with Gasteiger partial charge in [0.1, 0.15) is 12.1 Å². The van der Waals surface area contributed by atoms with Gasteiger partial charge in [0.25, 0.3) is 0 Å². The van der Waals surface area contributed by atoms with Crippen LogP contribution in [-0.4, -0.2) is 22.6 Å². The van der Waals surface area contributed by atoms with E-state index in [-0.39, 0.29) is 0 Å². The molecule has 2 aromatic rings. The molecule has 0 aliphatic carbocycles. The minimum absolute atomic E-state index is 0.632. The molecule has 106 valence electrons. The number of benzene rings is 1. The summed E-state index contributed by atoms with van der Waals surface area (Å²) < 4.78 is 0. The molecule has 1 aromatic heterocycles. The van der Waals surface area contributed by atoms with Crippen molar-refractivity contribution in [2.45, 2.75) is 52.0 Å². The molecule has 1 atom stereocenters. The fourth-order valence-corrected chi connectivity index (χ4v) is 3.24. The van der Waals surface area contributed by atoms with Crippen molar-refractivity contribution in [2.75, 3.05) is 11.4 Å². The fraction of sp³-hybridized carbons (Fsp3) is 0.529. The van der Waals surface area contributed by atoms with Crippen LogP contribution in [0.15, 0.2) is 24.5 Å². The van der Waals surface area contributed by atoms with Gasteiger partial charge in [0, 0.05) is 18.0 Å². The smallest absolute Gasteiger partial charge is 0.140 e. The lowest BCUT2D eigenvalue weighted by Gasteiger charge is -2.36. The molecule has 3 rings (SSSR count). The SMILES string of the molecule is CCc1ccc2ncnc(N3CCCCC3CC)c2c1. The molecule has 1 fully saturated rings. The molecule has 1 aliphatic rings. The third kappa shape index (κ3) is 2.37. The lowest BCUT2D eigenvalue weighted by molar-refractivity contribution is 0.448. The number of aryl methyl sites for hydroxylation is 1. The van der Waals surface area contributed by atoms with Crippen LogP contribution in [0.1, 0.15) is 45.1 Å². The summed E-state index contributed by atoms with van der Waals surface area (Å²) in [6, 6.07) is 7.20. The number of anilines is 1. The van der Waals surface area contributed by atoms with E-state index in [0.717, 1.165) is 24.3 Å². The number of aromatic nitrogens is 2. The Kier molecular flexibility index (Phi) is 3.86. The summed E-state index contributed by atoms with van der Waals surface area (Å²) in [4.78, 5) is 11.6. The first kappa shape index (κ1) is 13.3. The van der Waals surface area contributed by atoms with Gasteiger partial charge in [-0.15, -0.1) is 0 Å². The van der Waals surface area contributed by atoms with Gasteiger partial charge >= 0.3 is 0 Å². The first-order chi connectivity index (χ1) is 9.83. The molecule has 2 heterocycles. The Hall–Kier alpha value is -1.64. The Morgan fingerprint density at radius 3 is 2.90 bits per heavy atom. The molecule has 0 amide bonds. The standard InChI is InChI=1S/C17H23N3/c1-3-13-8-9-16-15(11-13)17(19-12-18-16)20-10-6-5-7-14(20)4-2/h8-9,11-12,14H,3-7,10H2,1-2H3. The van der Waals surface area contributed by atoms with Crippen molar-refractivity contribution >= 4 is 16.7 Å². The molecule has 0 bridgehead atoms. The summed E-state index contributed by atoms with van der Waals surface area (Å²) in [6.07, 6.45) is 7.87. The van der Waals surface area contributed by atoms with Crippen molar-refractivity contribution in [3.05, 3.63) is 30.1 Å². The number of rotatable bonds is 3. The zero-order chi connectivity index (χ0) is 13.9. The quantitative estimate of drug-likeness (QED) is 0.844. The van der Waals surface area contributed by atoms with Gasteiger partial charge in [0.15, 0.2) is 0 Å². The molecule has 1 unspecified atom stereocenters. The van der Waals surface area contributed by atoms with E-state index in [2.05, 4.69) is 46.9 Å². The number of hydrogen-bond acceptors (Lipinski definition) is 3. The van der Waals surface area contributed by atoms with Crippen LogP contribution in [0.5, 0.6) is 0 Å². The number of piperidine rings is 1. The Balaban J connectivity index is 2.09. The van der Waals surface area contributed by atoms with Crippen molar-refractivity contribution in [3.63, 3.8) is 0 Å². The fourth-order valence-electron chi connectivity index (χ4n) is 3.24. The van der Waals surface area contributed by atoms with Gasteiger partial charge in [-0.1, -0.05) is 19.9 Å². The molecule has 0 spiro atoms. The summed E-state index contributed by atoms with van der Waals surface area (Å²) in [6.45, 7) is 5.60. The van der Waals surface area contributed by atoms with Crippen LogP contribution in [0.4, 0.5) is 5.82 Å². The molecule has 0 radical (unpaired) electrons. The number of nitrogens with zero attached hydrogens (tertiary/aromatic N) is 3. The van der Waals surface area contributed by atoms with E-state index >= 15 is 0 Å². The van der Waals surface area contributed by atoms with Crippen LogP contribution in [-0.2, 0) is 6.42 Å². The molecule has 3 nitrogen and oxygen atoms in total. The van der Waals surface area contributed by atoms with Crippen LogP contribution in [0.3, 0.4) is 0 Å². The van der Waals surface area contributed by atoms with Crippen molar-refractivity contribution in [3.8, 4) is 0 Å². The Morgan fingerprint density at radius 2 is 2.10 bits per heavy atom. The zero-order valence-electron chi connectivity index (χ0n) is 12.5. The third-order valence-electron chi connectivity index (χ3n) is 4.46. The van der Waals surface area contributed by atoms with Gasteiger partial charge in [-0.2, -0.15) is 0 Å². The van der Waals surface area contributed by atoms with E-state index in [1.54, 1.807) is 6.33 Å². The van der Waals surface area contributed by atoms with E-state index in [1.807, 2.05) is 0 Å². The van der Waals surface area contributed by atoms with Crippen molar-refractivity contribution in [1.29, 1.82) is 0 Å². The second kappa shape index (κ2) is 5.78. The second-order valence-electron chi connectivity index (χ2n) is 5.65. The molecular formula is C17H23N3. The molecule has 1 aromatic carbocycles. The lowest BCUT2D eigenvalue weighted by atomic mass is 9.99. The van der Waals surface area contributed by atoms with Gasteiger partial charge in [-0.25, -0.2) is 9.97 Å². The van der Waals surface area contributed by atoms with Crippen molar-refractivity contribution < 1.29 is 0 Å². The summed E-state index contributed by atoms with van der Waals surface area (Å²) in [5.41, 5.74) is 2.42. The van der Waals surface area contributed by atoms with Gasteiger partial charge < -0.3 is 4.90 Å². The van der Waals surface area contributed by atoms with E-state index < -0.39 is 0 Å². The molecule has 1 saturated heterocycles. The Labute approximate surface area is 121 Å². The summed E-state index contributed by atoms with van der Waals surface area (Å²) in [5, 5.41) is 1.22. The van der Waals surface area contributed by atoms with E-state index in [1.165, 1.54) is 36.6 Å². The van der Waals surface area contributed by atoms with Crippen LogP contribution >= 0.6 is 0 Å². The van der Waals surface area contributed by atoms with Gasteiger partial charge in [-0.3, -0.25) is 0 Å². The highest BCUT2D eigenvalue weighted by atomic mass is 15.2. The van der Waals surface area contributed by atoms with Crippen LogP contribution in [0, 0.1) is 0 Å². The number of hydrogen-bond donors (Lipinski definition) is 0. The minimum atomic E-state index is 0.632. The molecule has 0 saturated carbocycles. The minimum Gasteiger partial charge on any atom is -0.353 e. The van der Waals surface area contributed by atoms with Crippen LogP contribution in [0.2, 0.25) is 0 Å². The maximum Gasteiger partial charge on any atom is 0.140 e. The van der Waals surface area contributed by atoms with Crippen LogP contribution in [0.25, 0.3) is 10.9 Å². The third-order valence-corrected chi connectivity index (χ3v) is 4.46. The van der Waals surface area contributed by atoms with E-state index in [0.29, 0.717) is 6.04 Å². The first-order valence-corrected chi connectivity index (χ1v) is 7.83. The predicted octanol–water partition coefficient (Wildman–Crippen LogP) is 3.96. The molecular weight excluding hydrogens is 246 g/mol. The maximum atomic E-state index is 4.62. The molecule has 3 heteroatoms. The predicted molar refractivity (Wildman–Crippen MR) is 84.2 cm³/mol. The maximum absolute atomic E-state index is 4.62. The van der Waals surface area contributed by atoms with Crippen molar-refractivity contribution in [1.82, 2.24) is 9.97 Å². The highest BCUT2D eigenvalue weighted by Gasteiger charge is 2.23. The largest absolute Gasteiger partial charge is 0.353 e.